The van der Waals surface area contributed by atoms with Gasteiger partial charge in [0.1, 0.15) is 0 Å². The van der Waals surface area contributed by atoms with Crippen molar-refractivity contribution in [2.45, 2.75) is 63.5 Å². The first-order valence-electron chi connectivity index (χ1n) is 8.03. The van der Waals surface area contributed by atoms with Crippen molar-refractivity contribution in [3.63, 3.8) is 0 Å². The lowest BCUT2D eigenvalue weighted by Gasteiger charge is -2.58. The first kappa shape index (κ1) is 11.7. The average molecular weight is 249 g/mol. The molecule has 0 aromatic carbocycles. The molecule has 0 radical (unpaired) electrons. The SMILES string of the molecule is CN(CC(O)C12CC3CC(CC(C3)C1)C2)C1CC1. The molecular formula is C16H27NO. The first-order chi connectivity index (χ1) is 8.64. The van der Waals surface area contributed by atoms with E-state index in [1.165, 1.54) is 51.4 Å². The molecule has 0 aromatic rings. The van der Waals surface area contributed by atoms with E-state index < -0.39 is 0 Å². The van der Waals surface area contributed by atoms with Crippen LogP contribution in [-0.4, -0.2) is 35.7 Å². The highest BCUT2D eigenvalue weighted by Crippen LogP contribution is 2.61. The van der Waals surface area contributed by atoms with Gasteiger partial charge >= 0.3 is 0 Å². The van der Waals surface area contributed by atoms with Crippen LogP contribution < -0.4 is 0 Å². The van der Waals surface area contributed by atoms with Gasteiger partial charge in [0.2, 0.25) is 0 Å². The summed E-state index contributed by atoms with van der Waals surface area (Å²) >= 11 is 0. The smallest absolute Gasteiger partial charge is 0.0723 e. The lowest BCUT2D eigenvalue weighted by molar-refractivity contribution is -0.125. The Balaban J connectivity index is 1.48. The predicted molar refractivity (Wildman–Crippen MR) is 72.3 cm³/mol. The Morgan fingerprint density at radius 2 is 1.56 bits per heavy atom. The Kier molecular flexibility index (Phi) is 2.58. The molecule has 5 aliphatic carbocycles. The minimum atomic E-state index is -0.0588. The summed E-state index contributed by atoms with van der Waals surface area (Å²) in [5.41, 5.74) is 0.317. The minimum Gasteiger partial charge on any atom is -0.391 e. The molecule has 1 atom stereocenters. The van der Waals surface area contributed by atoms with Crippen molar-refractivity contribution < 1.29 is 5.11 Å². The van der Waals surface area contributed by atoms with E-state index in [0.29, 0.717) is 5.41 Å². The number of hydrogen-bond acceptors (Lipinski definition) is 2. The molecule has 1 unspecified atom stereocenters. The summed E-state index contributed by atoms with van der Waals surface area (Å²) in [6, 6.07) is 0.786. The molecule has 1 N–H and O–H groups in total. The van der Waals surface area contributed by atoms with Gasteiger partial charge in [-0.1, -0.05) is 0 Å². The molecule has 102 valence electrons. The van der Waals surface area contributed by atoms with Gasteiger partial charge in [0.15, 0.2) is 0 Å². The van der Waals surface area contributed by atoms with E-state index in [2.05, 4.69) is 11.9 Å². The molecule has 2 nitrogen and oxygen atoms in total. The van der Waals surface area contributed by atoms with Crippen LogP contribution in [-0.2, 0) is 0 Å². The maximum absolute atomic E-state index is 10.8. The van der Waals surface area contributed by atoms with E-state index >= 15 is 0 Å². The van der Waals surface area contributed by atoms with Crippen LogP contribution in [0.2, 0.25) is 0 Å². The summed E-state index contributed by atoms with van der Waals surface area (Å²) in [5, 5.41) is 10.8. The molecule has 0 amide bonds. The molecule has 18 heavy (non-hydrogen) atoms. The molecule has 5 fully saturated rings. The fourth-order valence-corrected chi connectivity index (χ4v) is 5.72. The summed E-state index contributed by atoms with van der Waals surface area (Å²) in [6.07, 6.45) is 11.1. The van der Waals surface area contributed by atoms with Crippen molar-refractivity contribution >= 4 is 0 Å². The average Bonchev–Trinajstić information content (AvgIpc) is 3.10. The van der Waals surface area contributed by atoms with Crippen LogP contribution in [0.1, 0.15) is 51.4 Å². The quantitative estimate of drug-likeness (QED) is 0.828. The van der Waals surface area contributed by atoms with E-state index in [-0.39, 0.29) is 6.10 Å². The summed E-state index contributed by atoms with van der Waals surface area (Å²) < 4.78 is 0. The van der Waals surface area contributed by atoms with Gasteiger partial charge in [-0.3, -0.25) is 0 Å². The second kappa shape index (κ2) is 3.96. The summed E-state index contributed by atoms with van der Waals surface area (Å²) in [6.45, 7) is 0.927. The van der Waals surface area contributed by atoms with E-state index in [4.69, 9.17) is 0 Å². The molecule has 0 heterocycles. The lowest BCUT2D eigenvalue weighted by atomic mass is 9.48. The zero-order valence-electron chi connectivity index (χ0n) is 11.6. The Morgan fingerprint density at radius 1 is 1.06 bits per heavy atom. The van der Waals surface area contributed by atoms with E-state index in [9.17, 15) is 5.11 Å². The number of hydrogen-bond donors (Lipinski definition) is 1. The van der Waals surface area contributed by atoms with Gasteiger partial charge in [-0.25, -0.2) is 0 Å². The zero-order chi connectivity index (χ0) is 12.3. The topological polar surface area (TPSA) is 23.5 Å². The van der Waals surface area contributed by atoms with Crippen LogP contribution in [0, 0.1) is 23.2 Å². The summed E-state index contributed by atoms with van der Waals surface area (Å²) in [5.74, 6) is 2.87. The molecule has 0 saturated heterocycles. The van der Waals surface area contributed by atoms with Crippen molar-refractivity contribution in [2.75, 3.05) is 13.6 Å². The highest BCUT2D eigenvalue weighted by atomic mass is 16.3. The standard InChI is InChI=1S/C16H27NO/c1-17(14-2-3-14)10-15(18)16-7-11-4-12(8-16)6-13(5-11)9-16/h11-15,18H,2-10H2,1H3. The molecule has 0 aromatic heterocycles. The molecule has 2 heteroatoms. The van der Waals surface area contributed by atoms with Crippen molar-refractivity contribution in [2.24, 2.45) is 23.2 Å². The largest absolute Gasteiger partial charge is 0.391 e. The summed E-state index contributed by atoms with van der Waals surface area (Å²) in [4.78, 5) is 2.42. The highest BCUT2D eigenvalue weighted by molar-refractivity contribution is 5.05. The fraction of sp³-hybridized carbons (Fsp3) is 1.00. The first-order valence-corrected chi connectivity index (χ1v) is 8.03. The normalized spacial score (nSPS) is 47.8. The number of aliphatic hydroxyl groups is 1. The second-order valence-corrected chi connectivity index (χ2v) is 7.97. The van der Waals surface area contributed by atoms with Crippen molar-refractivity contribution in [3.8, 4) is 0 Å². The van der Waals surface area contributed by atoms with Crippen molar-refractivity contribution in [3.05, 3.63) is 0 Å². The Labute approximate surface area is 111 Å². The third-order valence-electron chi connectivity index (χ3n) is 6.42. The lowest BCUT2D eigenvalue weighted by Crippen LogP contribution is -2.54. The molecule has 5 aliphatic rings. The van der Waals surface area contributed by atoms with Crippen LogP contribution in [0.15, 0.2) is 0 Å². The molecule has 4 bridgehead atoms. The second-order valence-electron chi connectivity index (χ2n) is 7.97. The molecule has 0 aliphatic heterocycles. The molecule has 5 saturated carbocycles. The van der Waals surface area contributed by atoms with Crippen LogP contribution in [0.25, 0.3) is 0 Å². The van der Waals surface area contributed by atoms with Crippen LogP contribution >= 0.6 is 0 Å². The summed E-state index contributed by atoms with van der Waals surface area (Å²) in [7, 11) is 2.21. The van der Waals surface area contributed by atoms with Gasteiger partial charge in [0, 0.05) is 12.6 Å². The Morgan fingerprint density at radius 3 is 2.00 bits per heavy atom. The van der Waals surface area contributed by atoms with Gasteiger partial charge in [0.05, 0.1) is 6.10 Å². The van der Waals surface area contributed by atoms with Gasteiger partial charge in [-0.2, -0.15) is 0 Å². The maximum Gasteiger partial charge on any atom is 0.0723 e. The number of likely N-dealkylation sites (N-methyl/N-ethyl adjacent to an activating group) is 1. The van der Waals surface area contributed by atoms with Crippen LogP contribution in [0.4, 0.5) is 0 Å². The molecular weight excluding hydrogens is 222 g/mol. The van der Waals surface area contributed by atoms with Gasteiger partial charge in [-0.05, 0) is 81.6 Å². The van der Waals surface area contributed by atoms with E-state index in [1.807, 2.05) is 0 Å². The number of aliphatic hydroxyl groups excluding tert-OH is 1. The third kappa shape index (κ3) is 1.84. The molecule has 0 spiro atoms. The predicted octanol–water partition coefficient (Wildman–Crippen LogP) is 2.66. The fourth-order valence-electron chi connectivity index (χ4n) is 5.72. The highest BCUT2D eigenvalue weighted by Gasteiger charge is 2.54. The van der Waals surface area contributed by atoms with Crippen LogP contribution in [0.3, 0.4) is 0 Å². The van der Waals surface area contributed by atoms with E-state index in [0.717, 1.165) is 30.3 Å². The van der Waals surface area contributed by atoms with Crippen molar-refractivity contribution in [1.82, 2.24) is 4.90 Å². The zero-order valence-corrected chi connectivity index (χ0v) is 11.6. The van der Waals surface area contributed by atoms with Gasteiger partial charge < -0.3 is 10.0 Å². The third-order valence-corrected chi connectivity index (χ3v) is 6.42. The monoisotopic (exact) mass is 249 g/mol. The Bertz CT molecular complexity index is 301. The van der Waals surface area contributed by atoms with Crippen molar-refractivity contribution in [1.29, 1.82) is 0 Å². The Hall–Kier alpha value is -0.0800. The number of rotatable bonds is 4. The van der Waals surface area contributed by atoms with Gasteiger partial charge in [-0.15, -0.1) is 0 Å². The van der Waals surface area contributed by atoms with Gasteiger partial charge in [0.25, 0.3) is 0 Å². The van der Waals surface area contributed by atoms with Crippen LogP contribution in [0.5, 0.6) is 0 Å². The molecule has 5 rings (SSSR count). The number of nitrogens with zero attached hydrogens (tertiary/aromatic N) is 1. The van der Waals surface area contributed by atoms with E-state index in [1.54, 1.807) is 0 Å². The minimum absolute atomic E-state index is 0.0588. The maximum atomic E-state index is 10.8.